The first-order valence-corrected chi connectivity index (χ1v) is 9.92. The van der Waals surface area contributed by atoms with Gasteiger partial charge in [-0.3, -0.25) is 4.57 Å². The van der Waals surface area contributed by atoms with Gasteiger partial charge in [0.05, 0.1) is 11.3 Å². The van der Waals surface area contributed by atoms with Crippen LogP contribution in [-0.4, -0.2) is 24.9 Å². The molecule has 0 aliphatic carbocycles. The zero-order valence-electron chi connectivity index (χ0n) is 16.0. The molecule has 0 amide bonds. The van der Waals surface area contributed by atoms with Crippen LogP contribution in [0.4, 0.5) is 13.2 Å². The number of halogens is 3. The molecule has 2 aromatic heterocycles. The summed E-state index contributed by atoms with van der Waals surface area (Å²) in [6, 6.07) is 12.8. The lowest BCUT2D eigenvalue weighted by Crippen LogP contribution is -2.04. The number of aromatic nitrogens is 5. The van der Waals surface area contributed by atoms with E-state index in [0.717, 1.165) is 29.2 Å². The molecule has 6 nitrogen and oxygen atoms in total. The first kappa shape index (κ1) is 20.1. The van der Waals surface area contributed by atoms with Crippen LogP contribution in [0.1, 0.15) is 22.8 Å². The van der Waals surface area contributed by atoms with Gasteiger partial charge in [-0.15, -0.1) is 10.2 Å². The number of thioether (sulfide) groups is 1. The van der Waals surface area contributed by atoms with E-state index in [1.54, 1.807) is 0 Å². The van der Waals surface area contributed by atoms with E-state index in [1.165, 1.54) is 23.9 Å². The molecule has 0 atom stereocenters. The van der Waals surface area contributed by atoms with Crippen LogP contribution in [0.3, 0.4) is 0 Å². The highest BCUT2D eigenvalue weighted by Gasteiger charge is 2.30. The molecule has 0 spiro atoms. The molecule has 2 heterocycles. The van der Waals surface area contributed by atoms with E-state index < -0.39 is 11.7 Å². The second kappa shape index (κ2) is 7.94. The maximum atomic E-state index is 12.9. The molecule has 10 heteroatoms. The van der Waals surface area contributed by atoms with Gasteiger partial charge in [0.2, 0.25) is 11.7 Å². The minimum Gasteiger partial charge on any atom is -0.338 e. The Bertz CT molecular complexity index is 1190. The van der Waals surface area contributed by atoms with Crippen molar-refractivity contribution < 1.29 is 17.7 Å². The Morgan fingerprint density at radius 1 is 1.03 bits per heavy atom. The van der Waals surface area contributed by atoms with E-state index in [4.69, 9.17) is 4.52 Å². The number of nitrogens with zero attached hydrogens (tertiary/aromatic N) is 5. The van der Waals surface area contributed by atoms with Crippen molar-refractivity contribution in [3.05, 3.63) is 71.4 Å². The first-order chi connectivity index (χ1) is 14.3. The summed E-state index contributed by atoms with van der Waals surface area (Å²) < 4.78 is 45.9. The predicted molar refractivity (Wildman–Crippen MR) is 105 cm³/mol. The van der Waals surface area contributed by atoms with E-state index in [1.807, 2.05) is 42.7 Å². The third-order valence-electron chi connectivity index (χ3n) is 4.30. The minimum atomic E-state index is -4.43. The predicted octanol–water partition coefficient (Wildman–Crippen LogP) is 5.25. The number of alkyl halides is 3. The molecule has 0 bridgehead atoms. The van der Waals surface area contributed by atoms with Crippen molar-refractivity contribution in [3.8, 4) is 17.1 Å². The van der Waals surface area contributed by atoms with Crippen molar-refractivity contribution in [2.24, 2.45) is 0 Å². The van der Waals surface area contributed by atoms with Crippen LogP contribution in [-0.2, 0) is 11.9 Å². The standard InChI is InChI=1S/C20H16F3N5OS/c1-12-5-3-8-16(9-12)28-13(2)25-26-19(28)30-11-17-24-18(27-29-17)14-6-4-7-15(10-14)20(21,22)23/h3-10H,11H2,1-2H3. The van der Waals surface area contributed by atoms with Crippen molar-refractivity contribution in [2.75, 3.05) is 0 Å². The van der Waals surface area contributed by atoms with E-state index in [9.17, 15) is 13.2 Å². The van der Waals surface area contributed by atoms with Gasteiger partial charge >= 0.3 is 6.18 Å². The second-order valence-electron chi connectivity index (χ2n) is 6.58. The monoisotopic (exact) mass is 431 g/mol. The smallest absolute Gasteiger partial charge is 0.338 e. The van der Waals surface area contributed by atoms with Crippen LogP contribution >= 0.6 is 11.8 Å². The topological polar surface area (TPSA) is 69.6 Å². The fourth-order valence-electron chi connectivity index (χ4n) is 2.89. The summed E-state index contributed by atoms with van der Waals surface area (Å²) in [6.45, 7) is 3.86. The lowest BCUT2D eigenvalue weighted by atomic mass is 10.1. The summed E-state index contributed by atoms with van der Waals surface area (Å²) in [7, 11) is 0. The maximum Gasteiger partial charge on any atom is 0.416 e. The molecule has 0 fully saturated rings. The summed E-state index contributed by atoms with van der Waals surface area (Å²) in [5.74, 6) is 1.42. The molecule has 0 unspecified atom stereocenters. The zero-order chi connectivity index (χ0) is 21.3. The van der Waals surface area contributed by atoms with Gasteiger partial charge in [-0.25, -0.2) is 0 Å². The largest absolute Gasteiger partial charge is 0.416 e. The summed E-state index contributed by atoms with van der Waals surface area (Å²) in [4.78, 5) is 4.22. The van der Waals surface area contributed by atoms with Gasteiger partial charge < -0.3 is 4.52 Å². The summed E-state index contributed by atoms with van der Waals surface area (Å²) in [6.07, 6.45) is -4.43. The molecule has 0 aliphatic rings. The van der Waals surface area contributed by atoms with E-state index in [0.29, 0.717) is 10.9 Å². The SMILES string of the molecule is Cc1cccc(-n2c(C)nnc2SCc2nc(-c3cccc(C(F)(F)F)c3)no2)c1. The van der Waals surface area contributed by atoms with Crippen molar-refractivity contribution in [1.82, 2.24) is 24.9 Å². The third kappa shape index (κ3) is 4.23. The lowest BCUT2D eigenvalue weighted by Gasteiger charge is -2.08. The van der Waals surface area contributed by atoms with Gasteiger partial charge in [-0.2, -0.15) is 18.2 Å². The van der Waals surface area contributed by atoms with Crippen LogP contribution in [0.15, 0.2) is 58.2 Å². The lowest BCUT2D eigenvalue weighted by molar-refractivity contribution is -0.137. The number of hydrogen-bond acceptors (Lipinski definition) is 6. The number of benzene rings is 2. The number of hydrogen-bond donors (Lipinski definition) is 0. The van der Waals surface area contributed by atoms with Crippen LogP contribution in [0, 0.1) is 13.8 Å². The fraction of sp³-hybridized carbons (Fsp3) is 0.200. The van der Waals surface area contributed by atoms with E-state index >= 15 is 0 Å². The van der Waals surface area contributed by atoms with Gasteiger partial charge in [0.25, 0.3) is 0 Å². The van der Waals surface area contributed by atoms with Crippen molar-refractivity contribution >= 4 is 11.8 Å². The second-order valence-corrected chi connectivity index (χ2v) is 7.53. The van der Waals surface area contributed by atoms with Crippen LogP contribution in [0.5, 0.6) is 0 Å². The van der Waals surface area contributed by atoms with Gasteiger partial charge in [-0.1, -0.05) is 41.2 Å². The Hall–Kier alpha value is -3.14. The summed E-state index contributed by atoms with van der Waals surface area (Å²) >= 11 is 1.35. The number of aryl methyl sites for hydroxylation is 2. The molecule has 154 valence electrons. The van der Waals surface area contributed by atoms with Crippen molar-refractivity contribution in [3.63, 3.8) is 0 Å². The normalized spacial score (nSPS) is 11.8. The molecule has 30 heavy (non-hydrogen) atoms. The maximum absolute atomic E-state index is 12.9. The van der Waals surface area contributed by atoms with Crippen LogP contribution in [0.2, 0.25) is 0 Å². The minimum absolute atomic E-state index is 0.105. The summed E-state index contributed by atoms with van der Waals surface area (Å²) in [5.41, 5.74) is 1.53. The Morgan fingerprint density at radius 3 is 2.60 bits per heavy atom. The van der Waals surface area contributed by atoms with Crippen molar-refractivity contribution in [1.29, 1.82) is 0 Å². The Kier molecular flexibility index (Phi) is 5.33. The average Bonchev–Trinajstić information content (AvgIpc) is 3.32. The highest BCUT2D eigenvalue weighted by Crippen LogP contribution is 2.32. The molecule has 2 aromatic carbocycles. The number of rotatable bonds is 5. The van der Waals surface area contributed by atoms with Crippen molar-refractivity contribution in [2.45, 2.75) is 30.9 Å². The van der Waals surface area contributed by atoms with Gasteiger partial charge in [-0.05, 0) is 43.7 Å². The van der Waals surface area contributed by atoms with Gasteiger partial charge in [0.1, 0.15) is 5.82 Å². The molecule has 0 N–H and O–H groups in total. The van der Waals surface area contributed by atoms with Gasteiger partial charge in [0.15, 0.2) is 5.16 Å². The molecular formula is C20H16F3N5OS. The Balaban J connectivity index is 1.53. The first-order valence-electron chi connectivity index (χ1n) is 8.93. The van der Waals surface area contributed by atoms with Crippen LogP contribution in [0.25, 0.3) is 17.1 Å². The van der Waals surface area contributed by atoms with Gasteiger partial charge in [0, 0.05) is 11.3 Å². The molecule has 0 saturated carbocycles. The Labute approximate surface area is 174 Å². The molecule has 0 radical (unpaired) electrons. The molecule has 4 aromatic rings. The quantitative estimate of drug-likeness (QED) is 0.402. The average molecular weight is 431 g/mol. The van der Waals surface area contributed by atoms with Crippen LogP contribution < -0.4 is 0 Å². The highest BCUT2D eigenvalue weighted by molar-refractivity contribution is 7.98. The molecule has 0 saturated heterocycles. The van der Waals surface area contributed by atoms with E-state index in [-0.39, 0.29) is 17.3 Å². The Morgan fingerprint density at radius 2 is 1.83 bits per heavy atom. The summed E-state index contributed by atoms with van der Waals surface area (Å²) in [5, 5.41) is 12.8. The van der Waals surface area contributed by atoms with E-state index in [2.05, 4.69) is 20.3 Å². The highest BCUT2D eigenvalue weighted by atomic mass is 32.2. The fourth-order valence-corrected chi connectivity index (χ4v) is 3.73. The zero-order valence-corrected chi connectivity index (χ0v) is 16.8. The molecule has 0 aliphatic heterocycles. The third-order valence-corrected chi connectivity index (χ3v) is 5.21. The molecule has 4 rings (SSSR count). The molecular weight excluding hydrogens is 415 g/mol.